The van der Waals surface area contributed by atoms with Crippen LogP contribution in [0.3, 0.4) is 0 Å². The highest BCUT2D eigenvalue weighted by Gasteiger charge is 2.56. The lowest BCUT2D eigenvalue weighted by Crippen LogP contribution is -2.53. The second-order valence-corrected chi connectivity index (χ2v) is 10.4. The number of benzene rings is 1. The first-order chi connectivity index (χ1) is 19.7. The molecular weight excluding hydrogens is 532 g/mol. The summed E-state index contributed by atoms with van der Waals surface area (Å²) in [6, 6.07) is 7.87. The molecule has 10 nitrogen and oxygen atoms in total. The van der Waals surface area contributed by atoms with Crippen molar-refractivity contribution in [2.45, 2.75) is 36.5 Å². The van der Waals surface area contributed by atoms with Gasteiger partial charge in [-0.1, -0.05) is 12.0 Å². The summed E-state index contributed by atoms with van der Waals surface area (Å²) in [5.41, 5.74) is 1.29. The van der Waals surface area contributed by atoms with Crippen molar-refractivity contribution in [3.63, 3.8) is 0 Å². The summed E-state index contributed by atoms with van der Waals surface area (Å²) in [5, 5.41) is 24.7. The Morgan fingerprint density at radius 2 is 1.98 bits per heavy atom. The largest absolute Gasteiger partial charge is 0.434 e. The zero-order valence-corrected chi connectivity index (χ0v) is 21.4. The minimum atomic E-state index is -3.08. The molecule has 12 heteroatoms. The molecule has 1 N–H and O–H groups in total. The van der Waals surface area contributed by atoms with Crippen LogP contribution >= 0.6 is 0 Å². The van der Waals surface area contributed by atoms with Gasteiger partial charge in [-0.2, -0.15) is 19.1 Å². The van der Waals surface area contributed by atoms with E-state index in [1.165, 1.54) is 17.0 Å². The molecule has 2 aliphatic carbocycles. The number of aromatic nitrogens is 5. The number of hydrogen-bond acceptors (Lipinski definition) is 8. The topological polar surface area (TPSA) is 130 Å². The van der Waals surface area contributed by atoms with Crippen molar-refractivity contribution in [3.8, 4) is 35.4 Å². The molecule has 2 bridgehead atoms. The molecular formula is C29H19F2N7O3. The Morgan fingerprint density at radius 3 is 2.66 bits per heavy atom. The van der Waals surface area contributed by atoms with E-state index < -0.39 is 23.7 Å². The van der Waals surface area contributed by atoms with E-state index >= 15 is 0 Å². The number of terminal acetylenes is 1. The second kappa shape index (κ2) is 8.40. The van der Waals surface area contributed by atoms with Gasteiger partial charge in [0.1, 0.15) is 22.6 Å². The van der Waals surface area contributed by atoms with Gasteiger partial charge in [0, 0.05) is 49.6 Å². The van der Waals surface area contributed by atoms with E-state index in [4.69, 9.17) is 16.1 Å². The normalized spacial score (nSPS) is 24.2. The maximum absolute atomic E-state index is 13.3. The summed E-state index contributed by atoms with van der Waals surface area (Å²) in [7, 11) is 1.63. The van der Waals surface area contributed by atoms with Crippen LogP contribution in [0.15, 0.2) is 48.9 Å². The molecule has 7 rings (SSSR count). The monoisotopic (exact) mass is 551 g/mol. The summed E-state index contributed by atoms with van der Waals surface area (Å²) >= 11 is 0. The molecule has 0 saturated heterocycles. The van der Waals surface area contributed by atoms with Gasteiger partial charge in [-0.3, -0.25) is 4.79 Å². The molecule has 202 valence electrons. The Labute approximate surface area is 231 Å². The lowest BCUT2D eigenvalue weighted by molar-refractivity contribution is -0.0500. The Balaban J connectivity index is 1.32. The standard InChI is InChI=1S/C29H19F2N7O3/c1-3-29(40)12-28(13-29,14-32)26-33-10-15(11-34-26)18-7-8-38-24(35-18)22-17-9-19(23(22)36-38)37(2)25(39)16-5-4-6-20(21(16)17)41-27(30)31/h1,4-11,19,27,40H,12-13H2,2H3/t19-,28?,29?/m1/s1. The van der Waals surface area contributed by atoms with Crippen molar-refractivity contribution in [2.75, 3.05) is 7.05 Å². The van der Waals surface area contributed by atoms with Crippen molar-refractivity contribution < 1.29 is 23.4 Å². The number of carbonyl (C=O) groups excluding carboxylic acids is 1. The van der Waals surface area contributed by atoms with Crippen molar-refractivity contribution in [1.29, 1.82) is 5.26 Å². The summed E-state index contributed by atoms with van der Waals surface area (Å²) in [6.07, 6.45) is 12.1. The molecule has 1 fully saturated rings. The van der Waals surface area contributed by atoms with Gasteiger partial charge in [-0.15, -0.1) is 6.42 Å². The average Bonchev–Trinajstić information content (AvgIpc) is 3.48. The van der Waals surface area contributed by atoms with Crippen molar-refractivity contribution in [2.24, 2.45) is 0 Å². The Hall–Kier alpha value is -5.20. The van der Waals surface area contributed by atoms with E-state index in [2.05, 4.69) is 27.1 Å². The van der Waals surface area contributed by atoms with Crippen molar-refractivity contribution in [1.82, 2.24) is 29.5 Å². The van der Waals surface area contributed by atoms with E-state index in [1.807, 2.05) is 6.08 Å². The molecule has 1 amide bonds. The highest BCUT2D eigenvalue weighted by Crippen LogP contribution is 2.50. The number of ether oxygens (including phenoxy) is 1. The predicted octanol–water partition coefficient (Wildman–Crippen LogP) is 3.28. The summed E-state index contributed by atoms with van der Waals surface area (Å²) in [5.74, 6) is 2.12. The minimum Gasteiger partial charge on any atom is -0.434 e. The lowest BCUT2D eigenvalue weighted by atomic mass is 9.59. The van der Waals surface area contributed by atoms with Crippen LogP contribution in [-0.2, 0) is 5.41 Å². The Bertz CT molecular complexity index is 1900. The van der Waals surface area contributed by atoms with Crippen molar-refractivity contribution in [3.05, 3.63) is 77.1 Å². The van der Waals surface area contributed by atoms with Crippen LogP contribution in [0.4, 0.5) is 8.78 Å². The number of nitriles is 1. The number of likely N-dealkylation sites (N-methyl/N-ethyl adjacent to an activating group) is 1. The summed E-state index contributed by atoms with van der Waals surface area (Å²) in [4.78, 5) is 28.4. The summed E-state index contributed by atoms with van der Waals surface area (Å²) < 4.78 is 33.1. The van der Waals surface area contributed by atoms with Crippen LogP contribution in [0.1, 0.15) is 51.9 Å². The first-order valence-corrected chi connectivity index (χ1v) is 12.6. The van der Waals surface area contributed by atoms with Gasteiger partial charge in [0.05, 0.1) is 34.6 Å². The van der Waals surface area contributed by atoms with Gasteiger partial charge in [-0.05, 0) is 29.8 Å². The first-order valence-electron chi connectivity index (χ1n) is 12.6. The molecule has 1 saturated carbocycles. The molecule has 1 aliphatic heterocycles. The smallest absolute Gasteiger partial charge is 0.387 e. The zero-order valence-electron chi connectivity index (χ0n) is 21.4. The molecule has 4 aromatic rings. The van der Waals surface area contributed by atoms with Crippen LogP contribution < -0.4 is 4.74 Å². The number of nitrogens with zero attached hydrogens (tertiary/aromatic N) is 7. The van der Waals surface area contributed by atoms with Crippen LogP contribution in [0.5, 0.6) is 5.75 Å². The number of amides is 1. The van der Waals surface area contributed by atoms with Gasteiger partial charge in [0.15, 0.2) is 5.65 Å². The quantitative estimate of drug-likeness (QED) is 0.383. The zero-order chi connectivity index (χ0) is 28.7. The molecule has 0 spiro atoms. The number of hydrogen-bond donors (Lipinski definition) is 1. The third kappa shape index (κ3) is 3.47. The third-order valence-electron chi connectivity index (χ3n) is 7.91. The van der Waals surface area contributed by atoms with E-state index in [-0.39, 0.29) is 41.4 Å². The third-order valence-corrected chi connectivity index (χ3v) is 7.91. The molecule has 41 heavy (non-hydrogen) atoms. The predicted molar refractivity (Wildman–Crippen MR) is 139 cm³/mol. The fourth-order valence-electron chi connectivity index (χ4n) is 5.94. The molecule has 0 unspecified atom stereocenters. The van der Waals surface area contributed by atoms with E-state index in [9.17, 15) is 23.9 Å². The summed E-state index contributed by atoms with van der Waals surface area (Å²) in [6.45, 7) is -3.08. The van der Waals surface area contributed by atoms with Gasteiger partial charge in [0.2, 0.25) is 0 Å². The fraction of sp³-hybridized carbons (Fsp3) is 0.241. The second-order valence-electron chi connectivity index (χ2n) is 10.4. The molecule has 4 heterocycles. The highest BCUT2D eigenvalue weighted by atomic mass is 19.3. The number of fused-ring (bicyclic) bond motifs is 8. The van der Waals surface area contributed by atoms with Crippen LogP contribution in [-0.4, -0.2) is 59.7 Å². The van der Waals surface area contributed by atoms with Crippen LogP contribution in [0.2, 0.25) is 0 Å². The van der Waals surface area contributed by atoms with Gasteiger partial charge < -0.3 is 14.7 Å². The molecule has 1 aromatic carbocycles. The number of alkyl halides is 2. The molecule has 3 aliphatic rings. The van der Waals surface area contributed by atoms with Crippen LogP contribution in [0.25, 0.3) is 22.5 Å². The highest BCUT2D eigenvalue weighted by molar-refractivity contribution is 6.07. The number of rotatable bonds is 4. The fourth-order valence-corrected chi connectivity index (χ4v) is 5.94. The minimum absolute atomic E-state index is 0.0461. The maximum Gasteiger partial charge on any atom is 0.387 e. The number of carbonyl (C=O) groups is 1. The Kier molecular flexibility index (Phi) is 5.08. The number of aliphatic hydroxyl groups is 1. The molecule has 1 atom stereocenters. The first kappa shape index (κ1) is 24.8. The van der Waals surface area contributed by atoms with Gasteiger partial charge in [-0.25, -0.2) is 19.5 Å². The average molecular weight is 552 g/mol. The van der Waals surface area contributed by atoms with Gasteiger partial charge in [0.25, 0.3) is 5.91 Å². The number of halogens is 2. The Morgan fingerprint density at radius 1 is 1.22 bits per heavy atom. The molecule has 0 radical (unpaired) electrons. The van der Waals surface area contributed by atoms with E-state index in [0.29, 0.717) is 33.7 Å². The maximum atomic E-state index is 13.3. The van der Waals surface area contributed by atoms with E-state index in [1.54, 1.807) is 42.3 Å². The lowest BCUT2D eigenvalue weighted by Gasteiger charge is -2.44. The van der Waals surface area contributed by atoms with Gasteiger partial charge >= 0.3 is 6.61 Å². The van der Waals surface area contributed by atoms with Crippen LogP contribution in [0, 0.1) is 23.7 Å². The SMILES string of the molecule is C#CC1(O)CC(C#N)(c2ncc(-c3ccn4nc5c(c4n3)C3=C[C@H]5N(C)C(=O)c4cccc(OC(F)F)c43)cn2)C1. The molecule has 3 aromatic heterocycles. The van der Waals surface area contributed by atoms with E-state index in [0.717, 1.165) is 0 Å². The van der Waals surface area contributed by atoms with Crippen molar-refractivity contribution >= 4 is 17.1 Å².